The lowest BCUT2D eigenvalue weighted by molar-refractivity contribution is 0.297. The zero-order valence-corrected chi connectivity index (χ0v) is 15.2. The van der Waals surface area contributed by atoms with Crippen LogP contribution in [0.1, 0.15) is 12.3 Å². The van der Waals surface area contributed by atoms with Crippen molar-refractivity contribution in [1.29, 1.82) is 0 Å². The third kappa shape index (κ3) is 3.71. The summed E-state index contributed by atoms with van der Waals surface area (Å²) in [5.41, 5.74) is 1.54. The highest BCUT2D eigenvalue weighted by atomic mass is 35.5. The SMILES string of the molecule is Clc1ccc(-c2noc(CNc3cc4c(cc3Cl)OCCCO4)n2)cc1. The van der Waals surface area contributed by atoms with Gasteiger partial charge < -0.3 is 19.3 Å². The Balaban J connectivity index is 1.48. The summed E-state index contributed by atoms with van der Waals surface area (Å²) in [7, 11) is 0. The lowest BCUT2D eigenvalue weighted by Gasteiger charge is -2.12. The monoisotopic (exact) mass is 391 g/mol. The first kappa shape index (κ1) is 17.0. The smallest absolute Gasteiger partial charge is 0.246 e. The Morgan fingerprint density at radius 3 is 2.50 bits per heavy atom. The average molecular weight is 392 g/mol. The Labute approximate surface area is 160 Å². The van der Waals surface area contributed by atoms with Crippen LogP contribution in [0.2, 0.25) is 10.0 Å². The fourth-order valence-corrected chi connectivity index (χ4v) is 2.88. The molecular weight excluding hydrogens is 377 g/mol. The third-order valence-electron chi connectivity index (χ3n) is 3.84. The van der Waals surface area contributed by atoms with Crippen molar-refractivity contribution in [1.82, 2.24) is 10.1 Å². The van der Waals surface area contributed by atoms with Crippen LogP contribution in [0.4, 0.5) is 5.69 Å². The molecule has 1 aliphatic heterocycles. The van der Waals surface area contributed by atoms with E-state index >= 15 is 0 Å². The van der Waals surface area contributed by atoms with Gasteiger partial charge in [-0.3, -0.25) is 0 Å². The Kier molecular flexibility index (Phi) is 4.86. The maximum absolute atomic E-state index is 6.32. The summed E-state index contributed by atoms with van der Waals surface area (Å²) in [5, 5.41) is 8.37. The number of aromatic nitrogens is 2. The second kappa shape index (κ2) is 7.43. The molecule has 0 radical (unpaired) electrons. The van der Waals surface area contributed by atoms with Crippen LogP contribution in [-0.2, 0) is 6.54 Å². The van der Waals surface area contributed by atoms with Gasteiger partial charge in [-0.25, -0.2) is 0 Å². The predicted molar refractivity (Wildman–Crippen MR) is 99.1 cm³/mol. The Hall–Kier alpha value is -2.44. The number of anilines is 1. The first-order chi connectivity index (χ1) is 12.7. The van der Waals surface area contributed by atoms with Crippen molar-refractivity contribution in [3.8, 4) is 22.9 Å². The molecule has 26 heavy (non-hydrogen) atoms. The standard InChI is InChI=1S/C18H15Cl2N3O3/c19-12-4-2-11(3-5-12)18-22-17(26-23-18)10-21-14-9-16-15(8-13(14)20)24-6-1-7-25-16/h2-5,8-9,21H,1,6-7,10H2. The fourth-order valence-electron chi connectivity index (χ4n) is 2.53. The van der Waals surface area contributed by atoms with Crippen LogP contribution >= 0.6 is 23.2 Å². The summed E-state index contributed by atoms with van der Waals surface area (Å²) in [6.45, 7) is 1.56. The lowest BCUT2D eigenvalue weighted by atomic mass is 10.2. The van der Waals surface area contributed by atoms with E-state index in [0.717, 1.165) is 12.0 Å². The van der Waals surface area contributed by atoms with Crippen LogP contribution in [0.3, 0.4) is 0 Å². The van der Waals surface area contributed by atoms with Gasteiger partial charge in [0, 0.05) is 29.1 Å². The van der Waals surface area contributed by atoms with Crippen LogP contribution in [0, 0.1) is 0 Å². The van der Waals surface area contributed by atoms with E-state index in [4.69, 9.17) is 37.2 Å². The van der Waals surface area contributed by atoms with E-state index < -0.39 is 0 Å². The van der Waals surface area contributed by atoms with Gasteiger partial charge in [0.15, 0.2) is 11.5 Å². The number of ether oxygens (including phenoxy) is 2. The molecule has 0 spiro atoms. The van der Waals surface area contributed by atoms with Gasteiger partial charge in [-0.15, -0.1) is 0 Å². The second-order valence-corrected chi connectivity index (χ2v) is 6.55. The molecule has 1 N–H and O–H groups in total. The predicted octanol–water partition coefficient (Wildman–Crippen LogP) is 4.82. The van der Waals surface area contributed by atoms with Gasteiger partial charge in [-0.2, -0.15) is 4.98 Å². The van der Waals surface area contributed by atoms with Crippen LogP contribution in [0.15, 0.2) is 40.9 Å². The molecule has 3 aromatic rings. The van der Waals surface area contributed by atoms with E-state index in [0.29, 0.717) is 58.7 Å². The molecule has 2 heterocycles. The number of nitrogens with zero attached hydrogens (tertiary/aromatic N) is 2. The summed E-state index contributed by atoms with van der Waals surface area (Å²) in [5.74, 6) is 2.27. The number of benzene rings is 2. The maximum Gasteiger partial charge on any atom is 0.246 e. The second-order valence-electron chi connectivity index (χ2n) is 5.70. The summed E-state index contributed by atoms with van der Waals surface area (Å²) in [6, 6.07) is 10.8. The molecule has 0 amide bonds. The van der Waals surface area contributed by atoms with Gasteiger partial charge in [-0.1, -0.05) is 28.4 Å². The van der Waals surface area contributed by atoms with E-state index in [9.17, 15) is 0 Å². The molecule has 4 rings (SSSR count). The quantitative estimate of drug-likeness (QED) is 0.687. The molecule has 1 aromatic heterocycles. The van der Waals surface area contributed by atoms with Crippen LogP contribution in [-0.4, -0.2) is 23.4 Å². The van der Waals surface area contributed by atoms with Crippen molar-refractivity contribution in [3.05, 3.63) is 52.3 Å². The molecule has 8 heteroatoms. The number of rotatable bonds is 4. The molecule has 2 aromatic carbocycles. The third-order valence-corrected chi connectivity index (χ3v) is 4.40. The highest BCUT2D eigenvalue weighted by molar-refractivity contribution is 6.33. The molecule has 0 aliphatic carbocycles. The van der Waals surface area contributed by atoms with Crippen molar-refractivity contribution in [2.24, 2.45) is 0 Å². The van der Waals surface area contributed by atoms with E-state index in [1.165, 1.54) is 0 Å². The number of hydrogen-bond acceptors (Lipinski definition) is 6. The maximum atomic E-state index is 6.32. The minimum absolute atomic E-state index is 0.333. The molecule has 0 atom stereocenters. The van der Waals surface area contributed by atoms with E-state index in [1.54, 1.807) is 18.2 Å². The number of fused-ring (bicyclic) bond motifs is 1. The van der Waals surface area contributed by atoms with Gasteiger partial charge >= 0.3 is 0 Å². The number of halogens is 2. The van der Waals surface area contributed by atoms with Crippen molar-refractivity contribution in [2.75, 3.05) is 18.5 Å². The molecule has 0 unspecified atom stereocenters. The minimum atomic E-state index is 0.333. The summed E-state index contributed by atoms with van der Waals surface area (Å²) < 4.78 is 16.6. The molecular formula is C18H15Cl2N3O3. The van der Waals surface area contributed by atoms with Crippen LogP contribution < -0.4 is 14.8 Å². The van der Waals surface area contributed by atoms with Gasteiger partial charge in [0.25, 0.3) is 0 Å². The van der Waals surface area contributed by atoms with Gasteiger partial charge in [-0.05, 0) is 24.3 Å². The first-order valence-electron chi connectivity index (χ1n) is 8.10. The van der Waals surface area contributed by atoms with E-state index in [1.807, 2.05) is 18.2 Å². The topological polar surface area (TPSA) is 69.4 Å². The Morgan fingerprint density at radius 1 is 1.00 bits per heavy atom. The van der Waals surface area contributed by atoms with Crippen molar-refractivity contribution < 1.29 is 14.0 Å². The normalized spacial score (nSPS) is 13.3. The van der Waals surface area contributed by atoms with Gasteiger partial charge in [0.2, 0.25) is 11.7 Å². The Morgan fingerprint density at radius 2 is 1.73 bits per heavy atom. The van der Waals surface area contributed by atoms with Crippen LogP contribution in [0.25, 0.3) is 11.4 Å². The van der Waals surface area contributed by atoms with E-state index in [2.05, 4.69) is 15.5 Å². The first-order valence-corrected chi connectivity index (χ1v) is 8.86. The Bertz CT molecular complexity index is 913. The van der Waals surface area contributed by atoms with Gasteiger partial charge in [0.05, 0.1) is 30.5 Å². The number of hydrogen-bond donors (Lipinski definition) is 1. The van der Waals surface area contributed by atoms with Gasteiger partial charge in [0.1, 0.15) is 0 Å². The summed E-state index contributed by atoms with van der Waals surface area (Å²) in [6.07, 6.45) is 0.838. The zero-order valence-electron chi connectivity index (χ0n) is 13.7. The molecule has 0 saturated heterocycles. The average Bonchev–Trinajstić information content (AvgIpc) is 3.00. The minimum Gasteiger partial charge on any atom is -0.490 e. The molecule has 6 nitrogen and oxygen atoms in total. The molecule has 1 aliphatic rings. The van der Waals surface area contributed by atoms with Crippen molar-refractivity contribution >= 4 is 28.9 Å². The van der Waals surface area contributed by atoms with E-state index in [-0.39, 0.29) is 0 Å². The highest BCUT2D eigenvalue weighted by Crippen LogP contribution is 2.37. The largest absolute Gasteiger partial charge is 0.490 e. The number of nitrogens with one attached hydrogen (secondary N) is 1. The molecule has 0 fully saturated rings. The molecule has 0 bridgehead atoms. The van der Waals surface area contributed by atoms with Crippen LogP contribution in [0.5, 0.6) is 11.5 Å². The molecule has 134 valence electrons. The molecule has 0 saturated carbocycles. The lowest BCUT2D eigenvalue weighted by Crippen LogP contribution is -2.01. The van der Waals surface area contributed by atoms with Crippen molar-refractivity contribution in [2.45, 2.75) is 13.0 Å². The van der Waals surface area contributed by atoms with Crippen molar-refractivity contribution in [3.63, 3.8) is 0 Å². The highest BCUT2D eigenvalue weighted by Gasteiger charge is 2.15. The summed E-state index contributed by atoms with van der Waals surface area (Å²) in [4.78, 5) is 4.37. The summed E-state index contributed by atoms with van der Waals surface area (Å²) >= 11 is 12.2. The fraction of sp³-hybridized carbons (Fsp3) is 0.222. The zero-order chi connectivity index (χ0) is 17.9.